The highest BCUT2D eigenvalue weighted by Gasteiger charge is 2.32. The van der Waals surface area contributed by atoms with Crippen molar-refractivity contribution in [2.75, 3.05) is 0 Å². The molecule has 0 radical (unpaired) electrons. The molecule has 0 saturated heterocycles. The van der Waals surface area contributed by atoms with Crippen molar-refractivity contribution in [2.45, 2.75) is 63.6 Å². The van der Waals surface area contributed by atoms with Crippen LogP contribution in [0, 0.1) is 0 Å². The molecule has 39 heavy (non-hydrogen) atoms. The van der Waals surface area contributed by atoms with E-state index >= 15 is 0 Å². The summed E-state index contributed by atoms with van der Waals surface area (Å²) in [6.07, 6.45) is 5.65. The number of halogens is 1. The van der Waals surface area contributed by atoms with Crippen LogP contribution in [0.15, 0.2) is 97.1 Å². The summed E-state index contributed by atoms with van der Waals surface area (Å²) < 4.78 is 0. The topological polar surface area (TPSA) is 49.4 Å². The van der Waals surface area contributed by atoms with Crippen molar-refractivity contribution in [3.8, 4) is 0 Å². The highest BCUT2D eigenvalue weighted by atomic mass is 35.5. The minimum absolute atomic E-state index is 0.0274. The van der Waals surface area contributed by atoms with Crippen LogP contribution in [0.25, 0.3) is 10.8 Å². The molecule has 0 bridgehead atoms. The van der Waals surface area contributed by atoms with E-state index in [0.29, 0.717) is 30.8 Å². The van der Waals surface area contributed by atoms with Crippen LogP contribution < -0.4 is 5.32 Å². The Morgan fingerprint density at radius 1 is 0.821 bits per heavy atom. The normalized spacial score (nSPS) is 14.3. The van der Waals surface area contributed by atoms with E-state index in [2.05, 4.69) is 29.6 Å². The molecule has 0 aromatic heterocycles. The highest BCUT2D eigenvalue weighted by Crippen LogP contribution is 2.23. The average Bonchev–Trinajstić information content (AvgIpc) is 3.48. The summed E-state index contributed by atoms with van der Waals surface area (Å²) in [6, 6.07) is 31.6. The number of aryl methyl sites for hydroxylation is 1. The van der Waals surface area contributed by atoms with Crippen molar-refractivity contribution in [1.82, 2.24) is 10.2 Å². The maximum Gasteiger partial charge on any atom is 0.243 e. The van der Waals surface area contributed by atoms with E-state index < -0.39 is 6.04 Å². The molecule has 1 aliphatic carbocycles. The van der Waals surface area contributed by atoms with Gasteiger partial charge in [-0.3, -0.25) is 9.59 Å². The van der Waals surface area contributed by atoms with Gasteiger partial charge in [0.2, 0.25) is 11.8 Å². The van der Waals surface area contributed by atoms with E-state index in [4.69, 9.17) is 11.6 Å². The summed E-state index contributed by atoms with van der Waals surface area (Å²) in [6.45, 7) is 0.348. The van der Waals surface area contributed by atoms with E-state index in [1.54, 1.807) is 4.90 Å². The van der Waals surface area contributed by atoms with Gasteiger partial charge in [-0.2, -0.15) is 0 Å². The number of rotatable bonds is 10. The second kappa shape index (κ2) is 12.9. The summed E-state index contributed by atoms with van der Waals surface area (Å²) in [5.41, 5.74) is 3.12. The smallest absolute Gasteiger partial charge is 0.243 e. The van der Waals surface area contributed by atoms with E-state index in [9.17, 15) is 9.59 Å². The molecule has 4 aromatic carbocycles. The maximum absolute atomic E-state index is 14.0. The minimum Gasteiger partial charge on any atom is -0.352 e. The number of benzene rings is 4. The first-order valence-electron chi connectivity index (χ1n) is 13.9. The predicted molar refractivity (Wildman–Crippen MR) is 159 cm³/mol. The zero-order chi connectivity index (χ0) is 27.0. The quantitative estimate of drug-likeness (QED) is 0.233. The van der Waals surface area contributed by atoms with Gasteiger partial charge >= 0.3 is 0 Å². The largest absolute Gasteiger partial charge is 0.352 e. The Kier molecular flexibility index (Phi) is 8.95. The molecule has 0 unspecified atom stereocenters. The van der Waals surface area contributed by atoms with Crippen molar-refractivity contribution in [1.29, 1.82) is 0 Å². The van der Waals surface area contributed by atoms with Gasteiger partial charge in [0.1, 0.15) is 6.04 Å². The van der Waals surface area contributed by atoms with Gasteiger partial charge in [-0.1, -0.05) is 109 Å². The van der Waals surface area contributed by atoms with Crippen molar-refractivity contribution in [3.63, 3.8) is 0 Å². The van der Waals surface area contributed by atoms with Crippen LogP contribution in [0.5, 0.6) is 0 Å². The number of amides is 2. The molecule has 5 heteroatoms. The molecule has 5 rings (SSSR count). The highest BCUT2D eigenvalue weighted by molar-refractivity contribution is 6.30. The molecule has 1 fully saturated rings. The van der Waals surface area contributed by atoms with Crippen LogP contribution in [0.1, 0.15) is 48.8 Å². The van der Waals surface area contributed by atoms with E-state index in [1.807, 2.05) is 72.8 Å². The molecule has 0 heterocycles. The first-order chi connectivity index (χ1) is 19.1. The van der Waals surface area contributed by atoms with Gasteiger partial charge in [-0.05, 0) is 58.9 Å². The molecule has 1 saturated carbocycles. The molecular formula is C34H35ClN2O2. The molecule has 0 spiro atoms. The number of nitrogens with one attached hydrogen (secondary N) is 1. The summed E-state index contributed by atoms with van der Waals surface area (Å²) >= 11 is 6.15. The van der Waals surface area contributed by atoms with Gasteiger partial charge < -0.3 is 10.2 Å². The van der Waals surface area contributed by atoms with Crippen molar-refractivity contribution < 1.29 is 9.59 Å². The summed E-state index contributed by atoms with van der Waals surface area (Å²) in [5, 5.41) is 6.25. The van der Waals surface area contributed by atoms with Gasteiger partial charge in [-0.15, -0.1) is 0 Å². The maximum atomic E-state index is 14.0. The number of carbonyl (C=O) groups is 2. The van der Waals surface area contributed by atoms with Crippen LogP contribution in [-0.2, 0) is 29.0 Å². The van der Waals surface area contributed by atoms with Crippen LogP contribution in [0.4, 0.5) is 0 Å². The third-order valence-electron chi connectivity index (χ3n) is 7.73. The Bertz CT molecular complexity index is 1390. The average molecular weight is 539 g/mol. The lowest BCUT2D eigenvalue weighted by Gasteiger charge is -2.32. The second-order valence-corrected chi connectivity index (χ2v) is 10.9. The Labute approximate surface area is 236 Å². The molecular weight excluding hydrogens is 504 g/mol. The Hall–Kier alpha value is -3.63. The number of hydrogen-bond donors (Lipinski definition) is 1. The fourth-order valence-electron chi connectivity index (χ4n) is 5.60. The molecule has 4 nitrogen and oxygen atoms in total. The second-order valence-electron chi connectivity index (χ2n) is 10.5. The molecule has 4 aromatic rings. The first-order valence-corrected chi connectivity index (χ1v) is 14.3. The molecule has 1 aliphatic rings. The first kappa shape index (κ1) is 27.0. The van der Waals surface area contributed by atoms with E-state index in [1.165, 1.54) is 5.39 Å². The third kappa shape index (κ3) is 7.07. The van der Waals surface area contributed by atoms with Gasteiger partial charge in [0.15, 0.2) is 0 Å². The van der Waals surface area contributed by atoms with Gasteiger partial charge in [0.25, 0.3) is 0 Å². The van der Waals surface area contributed by atoms with Crippen molar-refractivity contribution in [3.05, 3.63) is 119 Å². The van der Waals surface area contributed by atoms with E-state index in [-0.39, 0.29) is 17.9 Å². The van der Waals surface area contributed by atoms with Gasteiger partial charge in [0, 0.05) is 30.5 Å². The number of hydrogen-bond acceptors (Lipinski definition) is 2. The third-order valence-corrected chi connectivity index (χ3v) is 7.98. The lowest BCUT2D eigenvalue weighted by atomic mass is 9.99. The fraction of sp³-hybridized carbons (Fsp3) is 0.294. The number of fused-ring (bicyclic) bond motifs is 1. The lowest BCUT2D eigenvalue weighted by Crippen LogP contribution is -2.52. The van der Waals surface area contributed by atoms with E-state index in [0.717, 1.165) is 47.8 Å². The van der Waals surface area contributed by atoms with Crippen LogP contribution in [0.2, 0.25) is 5.02 Å². The van der Waals surface area contributed by atoms with Crippen LogP contribution in [-0.4, -0.2) is 28.8 Å². The van der Waals surface area contributed by atoms with Crippen molar-refractivity contribution >= 4 is 34.2 Å². The molecule has 1 N–H and O–H groups in total. The lowest BCUT2D eigenvalue weighted by molar-refractivity contribution is -0.141. The predicted octanol–water partition coefficient (Wildman–Crippen LogP) is 7.12. The monoisotopic (exact) mass is 538 g/mol. The van der Waals surface area contributed by atoms with Gasteiger partial charge in [-0.25, -0.2) is 0 Å². The molecule has 0 aliphatic heterocycles. The van der Waals surface area contributed by atoms with Crippen LogP contribution >= 0.6 is 11.6 Å². The fourth-order valence-corrected chi connectivity index (χ4v) is 5.73. The Morgan fingerprint density at radius 3 is 2.28 bits per heavy atom. The Morgan fingerprint density at radius 2 is 1.51 bits per heavy atom. The summed E-state index contributed by atoms with van der Waals surface area (Å²) in [5.74, 6) is -0.0985. The summed E-state index contributed by atoms with van der Waals surface area (Å²) in [7, 11) is 0. The summed E-state index contributed by atoms with van der Waals surface area (Å²) in [4.78, 5) is 29.6. The minimum atomic E-state index is -0.608. The zero-order valence-electron chi connectivity index (χ0n) is 22.2. The zero-order valence-corrected chi connectivity index (χ0v) is 22.9. The number of carbonyl (C=O) groups excluding carboxylic acids is 2. The molecule has 2 amide bonds. The molecule has 200 valence electrons. The van der Waals surface area contributed by atoms with Gasteiger partial charge in [0.05, 0.1) is 0 Å². The standard InChI is InChI=1S/C34H35ClN2O2/c35-29-20-17-26(18-21-29)24-37(33(38)22-19-28-13-8-12-27-11-4-7-16-31(27)28)32(23-25-9-2-1-3-10-25)34(39)36-30-14-5-6-15-30/h1-4,7-13,16-18,20-21,30,32H,5-6,14-15,19,22-24H2,(H,36,39)/t32-/m1/s1. The molecule has 1 atom stereocenters. The number of nitrogens with zero attached hydrogens (tertiary/aromatic N) is 1. The van der Waals surface area contributed by atoms with Crippen molar-refractivity contribution in [2.24, 2.45) is 0 Å². The Balaban J connectivity index is 1.43. The van der Waals surface area contributed by atoms with Crippen LogP contribution in [0.3, 0.4) is 0 Å². The SMILES string of the molecule is O=C(NC1CCCC1)[C@@H](Cc1ccccc1)N(Cc1ccc(Cl)cc1)C(=O)CCc1cccc2ccccc12.